The third-order valence-corrected chi connectivity index (χ3v) is 3.72. The third-order valence-electron chi connectivity index (χ3n) is 3.72. The van der Waals surface area contributed by atoms with Gasteiger partial charge in [-0.2, -0.15) is 0 Å². The van der Waals surface area contributed by atoms with Gasteiger partial charge < -0.3 is 9.30 Å². The van der Waals surface area contributed by atoms with E-state index in [0.717, 1.165) is 5.75 Å². The standard InChI is InChI=1S/C18H20N2O/c1-13(2)20-15(12-21-16-7-5-9-19-11-16)10-17-14(3)6-4-8-18(17)20/h4-11,13H,12H2,1-3H3. The highest BCUT2D eigenvalue weighted by Gasteiger charge is 2.13. The van der Waals surface area contributed by atoms with Crippen LogP contribution in [0.4, 0.5) is 0 Å². The second kappa shape index (κ2) is 5.60. The summed E-state index contributed by atoms with van der Waals surface area (Å²) in [4.78, 5) is 4.08. The summed E-state index contributed by atoms with van der Waals surface area (Å²) in [6, 6.07) is 12.9. The first-order chi connectivity index (χ1) is 10.2. The summed E-state index contributed by atoms with van der Waals surface area (Å²) in [7, 11) is 0. The first-order valence-corrected chi connectivity index (χ1v) is 7.29. The lowest BCUT2D eigenvalue weighted by Gasteiger charge is -2.15. The molecule has 0 aliphatic rings. The van der Waals surface area contributed by atoms with E-state index in [1.807, 2.05) is 12.1 Å². The molecule has 3 rings (SSSR count). The first kappa shape index (κ1) is 13.7. The minimum Gasteiger partial charge on any atom is -0.486 e. The van der Waals surface area contributed by atoms with Gasteiger partial charge in [0.2, 0.25) is 0 Å². The monoisotopic (exact) mass is 280 g/mol. The SMILES string of the molecule is Cc1cccc2c1cc(COc1cccnc1)n2C(C)C. The number of aryl methyl sites for hydroxylation is 1. The Bertz CT molecular complexity index is 745. The summed E-state index contributed by atoms with van der Waals surface area (Å²) in [5, 5.41) is 1.30. The van der Waals surface area contributed by atoms with Crippen LogP contribution in [-0.2, 0) is 6.61 Å². The molecule has 0 atom stereocenters. The van der Waals surface area contributed by atoms with E-state index in [1.54, 1.807) is 12.4 Å². The van der Waals surface area contributed by atoms with Crippen LogP contribution in [0.3, 0.4) is 0 Å². The smallest absolute Gasteiger partial charge is 0.138 e. The van der Waals surface area contributed by atoms with Gasteiger partial charge in [0, 0.05) is 23.1 Å². The molecule has 3 heteroatoms. The van der Waals surface area contributed by atoms with Gasteiger partial charge in [0.25, 0.3) is 0 Å². The Hall–Kier alpha value is -2.29. The highest BCUT2D eigenvalue weighted by atomic mass is 16.5. The van der Waals surface area contributed by atoms with E-state index >= 15 is 0 Å². The highest BCUT2D eigenvalue weighted by Crippen LogP contribution is 2.27. The normalized spacial score (nSPS) is 11.2. The topological polar surface area (TPSA) is 27.1 Å². The molecule has 0 spiro atoms. The van der Waals surface area contributed by atoms with Gasteiger partial charge in [-0.3, -0.25) is 4.98 Å². The van der Waals surface area contributed by atoms with Crippen LogP contribution in [-0.4, -0.2) is 9.55 Å². The number of pyridine rings is 1. The molecule has 0 aliphatic heterocycles. The minimum absolute atomic E-state index is 0.400. The van der Waals surface area contributed by atoms with Crippen molar-refractivity contribution in [2.75, 3.05) is 0 Å². The molecule has 1 aromatic carbocycles. The van der Waals surface area contributed by atoms with Crippen molar-refractivity contribution in [3.05, 3.63) is 60.0 Å². The number of nitrogens with zero attached hydrogens (tertiary/aromatic N) is 2. The summed E-state index contributed by atoms with van der Waals surface area (Å²) in [6.45, 7) is 7.11. The quantitative estimate of drug-likeness (QED) is 0.703. The molecule has 0 N–H and O–H groups in total. The van der Waals surface area contributed by atoms with Crippen molar-refractivity contribution in [2.24, 2.45) is 0 Å². The molecule has 3 aromatic rings. The maximum Gasteiger partial charge on any atom is 0.138 e. The summed E-state index contributed by atoms with van der Waals surface area (Å²) in [6.07, 6.45) is 3.49. The van der Waals surface area contributed by atoms with E-state index < -0.39 is 0 Å². The van der Waals surface area contributed by atoms with Crippen molar-refractivity contribution >= 4 is 10.9 Å². The molecule has 0 saturated heterocycles. The molecule has 0 amide bonds. The molecule has 0 radical (unpaired) electrons. The number of fused-ring (bicyclic) bond motifs is 1. The predicted octanol–water partition coefficient (Wildman–Crippen LogP) is 4.50. The Labute approximate surface area is 125 Å². The third kappa shape index (κ3) is 2.64. The zero-order valence-corrected chi connectivity index (χ0v) is 12.7. The van der Waals surface area contributed by atoms with E-state index in [4.69, 9.17) is 4.74 Å². The zero-order chi connectivity index (χ0) is 14.8. The second-order valence-electron chi connectivity index (χ2n) is 5.58. The lowest BCUT2D eigenvalue weighted by molar-refractivity contribution is 0.292. The Kier molecular flexibility index (Phi) is 3.65. The van der Waals surface area contributed by atoms with Gasteiger partial charge in [-0.15, -0.1) is 0 Å². The predicted molar refractivity (Wildman–Crippen MR) is 85.6 cm³/mol. The minimum atomic E-state index is 0.400. The van der Waals surface area contributed by atoms with Gasteiger partial charge in [-0.05, 0) is 50.6 Å². The van der Waals surface area contributed by atoms with Gasteiger partial charge in [-0.1, -0.05) is 12.1 Å². The maximum atomic E-state index is 5.87. The van der Waals surface area contributed by atoms with Crippen molar-refractivity contribution in [2.45, 2.75) is 33.4 Å². The fourth-order valence-electron chi connectivity index (χ4n) is 2.76. The summed E-state index contributed by atoms with van der Waals surface area (Å²) < 4.78 is 8.21. The van der Waals surface area contributed by atoms with Crippen molar-refractivity contribution in [3.63, 3.8) is 0 Å². The van der Waals surface area contributed by atoms with E-state index in [-0.39, 0.29) is 0 Å². The largest absolute Gasteiger partial charge is 0.486 e. The van der Waals surface area contributed by atoms with Crippen LogP contribution in [0.15, 0.2) is 48.8 Å². The number of ether oxygens (including phenoxy) is 1. The highest BCUT2D eigenvalue weighted by molar-refractivity contribution is 5.84. The second-order valence-corrected chi connectivity index (χ2v) is 5.58. The van der Waals surface area contributed by atoms with Crippen molar-refractivity contribution < 1.29 is 4.74 Å². The van der Waals surface area contributed by atoms with E-state index in [9.17, 15) is 0 Å². The molecule has 21 heavy (non-hydrogen) atoms. The van der Waals surface area contributed by atoms with Crippen LogP contribution in [0.1, 0.15) is 31.1 Å². The van der Waals surface area contributed by atoms with Crippen LogP contribution >= 0.6 is 0 Å². The zero-order valence-electron chi connectivity index (χ0n) is 12.7. The average molecular weight is 280 g/mol. The Balaban J connectivity index is 1.98. The molecular weight excluding hydrogens is 260 g/mol. The molecule has 0 aliphatic carbocycles. The molecule has 2 heterocycles. The molecule has 0 unspecified atom stereocenters. The number of hydrogen-bond donors (Lipinski definition) is 0. The summed E-state index contributed by atoms with van der Waals surface area (Å²) >= 11 is 0. The Morgan fingerprint density at radius 2 is 2.05 bits per heavy atom. The number of benzene rings is 1. The van der Waals surface area contributed by atoms with Crippen molar-refractivity contribution in [3.8, 4) is 5.75 Å². The van der Waals surface area contributed by atoms with E-state index in [0.29, 0.717) is 12.6 Å². The van der Waals surface area contributed by atoms with Crippen LogP contribution < -0.4 is 4.74 Å². The Morgan fingerprint density at radius 1 is 1.19 bits per heavy atom. The van der Waals surface area contributed by atoms with Crippen LogP contribution in [0.2, 0.25) is 0 Å². The van der Waals surface area contributed by atoms with Crippen molar-refractivity contribution in [1.29, 1.82) is 0 Å². The summed E-state index contributed by atoms with van der Waals surface area (Å²) in [5.74, 6) is 0.801. The van der Waals surface area contributed by atoms with Gasteiger partial charge >= 0.3 is 0 Å². The van der Waals surface area contributed by atoms with Crippen LogP contribution in [0.25, 0.3) is 10.9 Å². The van der Waals surface area contributed by atoms with Gasteiger partial charge in [0.1, 0.15) is 12.4 Å². The van der Waals surface area contributed by atoms with Gasteiger partial charge in [-0.25, -0.2) is 0 Å². The Morgan fingerprint density at radius 3 is 2.76 bits per heavy atom. The number of rotatable bonds is 4. The lowest BCUT2D eigenvalue weighted by Crippen LogP contribution is -2.08. The average Bonchev–Trinajstić information content (AvgIpc) is 2.86. The molecule has 0 bridgehead atoms. The molecule has 2 aromatic heterocycles. The fraction of sp³-hybridized carbons (Fsp3) is 0.278. The molecular formula is C18H20N2O. The maximum absolute atomic E-state index is 5.87. The molecule has 3 nitrogen and oxygen atoms in total. The van der Waals surface area contributed by atoms with E-state index in [2.05, 4.69) is 54.6 Å². The molecule has 0 saturated carbocycles. The molecule has 0 fully saturated rings. The number of aromatic nitrogens is 2. The molecule has 108 valence electrons. The first-order valence-electron chi connectivity index (χ1n) is 7.29. The fourth-order valence-corrected chi connectivity index (χ4v) is 2.76. The van der Waals surface area contributed by atoms with Gasteiger partial charge in [0.05, 0.1) is 11.9 Å². The van der Waals surface area contributed by atoms with Gasteiger partial charge in [0.15, 0.2) is 0 Å². The van der Waals surface area contributed by atoms with Crippen molar-refractivity contribution in [1.82, 2.24) is 9.55 Å². The van der Waals surface area contributed by atoms with Crippen LogP contribution in [0, 0.1) is 6.92 Å². The lowest BCUT2D eigenvalue weighted by atomic mass is 10.1. The summed E-state index contributed by atoms with van der Waals surface area (Å²) in [5.41, 5.74) is 3.77. The van der Waals surface area contributed by atoms with E-state index in [1.165, 1.54) is 22.2 Å². The van der Waals surface area contributed by atoms with Crippen LogP contribution in [0.5, 0.6) is 5.75 Å². The number of hydrogen-bond acceptors (Lipinski definition) is 2.